The van der Waals surface area contributed by atoms with E-state index in [0.717, 1.165) is 33.7 Å². The highest BCUT2D eigenvalue weighted by atomic mass is 16.5. The second-order valence-corrected chi connectivity index (χ2v) is 5.69. The Bertz CT molecular complexity index is 692. The number of rotatable bonds is 4. The molecule has 0 aliphatic rings. The summed E-state index contributed by atoms with van der Waals surface area (Å²) in [6, 6.07) is 11.7. The molecular weight excluding hydrogens is 274 g/mol. The standard InChI is InChI=1S/C19H23NO2/c1-12-8-6-10-17(14(12)3)20-19(21)16(5)22-18-11-7-9-13(2)15(18)4/h6-11,16H,1-5H3,(H,20,21)/t16-/m1/s1. The van der Waals surface area contributed by atoms with Crippen molar-refractivity contribution in [2.75, 3.05) is 5.32 Å². The van der Waals surface area contributed by atoms with Gasteiger partial charge in [-0.05, 0) is 69.0 Å². The molecule has 0 aliphatic carbocycles. The van der Waals surface area contributed by atoms with Gasteiger partial charge in [0, 0.05) is 5.69 Å². The molecule has 3 heteroatoms. The lowest BCUT2D eigenvalue weighted by Gasteiger charge is -2.18. The third-order valence-electron chi connectivity index (χ3n) is 4.09. The molecule has 0 aliphatic heterocycles. The second-order valence-electron chi connectivity index (χ2n) is 5.69. The maximum Gasteiger partial charge on any atom is 0.265 e. The number of aryl methyl sites for hydroxylation is 2. The lowest BCUT2D eigenvalue weighted by Crippen LogP contribution is -2.30. The third kappa shape index (κ3) is 3.48. The van der Waals surface area contributed by atoms with Crippen LogP contribution in [0.2, 0.25) is 0 Å². The van der Waals surface area contributed by atoms with Crippen molar-refractivity contribution < 1.29 is 9.53 Å². The normalized spacial score (nSPS) is 11.9. The van der Waals surface area contributed by atoms with Crippen LogP contribution in [0.5, 0.6) is 5.75 Å². The Hall–Kier alpha value is -2.29. The Labute approximate surface area is 132 Å². The van der Waals surface area contributed by atoms with Crippen LogP contribution < -0.4 is 10.1 Å². The van der Waals surface area contributed by atoms with Crippen LogP contribution >= 0.6 is 0 Å². The molecule has 1 atom stereocenters. The van der Waals surface area contributed by atoms with Crippen LogP contribution in [0.3, 0.4) is 0 Å². The van der Waals surface area contributed by atoms with Crippen molar-refractivity contribution in [1.29, 1.82) is 0 Å². The van der Waals surface area contributed by atoms with Gasteiger partial charge < -0.3 is 10.1 Å². The van der Waals surface area contributed by atoms with Gasteiger partial charge in [-0.1, -0.05) is 24.3 Å². The maximum atomic E-state index is 12.3. The molecule has 0 bridgehead atoms. The van der Waals surface area contributed by atoms with Crippen molar-refractivity contribution in [2.45, 2.75) is 40.7 Å². The molecule has 0 aromatic heterocycles. The Morgan fingerprint density at radius 2 is 1.55 bits per heavy atom. The number of nitrogens with one attached hydrogen (secondary N) is 1. The zero-order valence-electron chi connectivity index (χ0n) is 13.9. The molecule has 0 radical (unpaired) electrons. The SMILES string of the molecule is Cc1cccc(NC(=O)[C@@H](C)Oc2cccc(C)c2C)c1C. The zero-order chi connectivity index (χ0) is 16.3. The average Bonchev–Trinajstić information content (AvgIpc) is 2.48. The lowest BCUT2D eigenvalue weighted by molar-refractivity contribution is -0.122. The minimum Gasteiger partial charge on any atom is -0.481 e. The number of benzene rings is 2. The quantitative estimate of drug-likeness (QED) is 0.912. The summed E-state index contributed by atoms with van der Waals surface area (Å²) >= 11 is 0. The molecule has 22 heavy (non-hydrogen) atoms. The van der Waals surface area contributed by atoms with Crippen LogP contribution in [0, 0.1) is 27.7 Å². The average molecular weight is 297 g/mol. The molecular formula is C19H23NO2. The van der Waals surface area contributed by atoms with Crippen LogP contribution in [0.1, 0.15) is 29.2 Å². The highest BCUT2D eigenvalue weighted by Gasteiger charge is 2.17. The number of amides is 1. The van der Waals surface area contributed by atoms with Gasteiger partial charge >= 0.3 is 0 Å². The van der Waals surface area contributed by atoms with Gasteiger partial charge in [0.1, 0.15) is 5.75 Å². The number of ether oxygens (including phenoxy) is 1. The number of hydrogen-bond acceptors (Lipinski definition) is 2. The molecule has 0 unspecified atom stereocenters. The lowest BCUT2D eigenvalue weighted by atomic mass is 10.1. The van der Waals surface area contributed by atoms with Gasteiger partial charge in [-0.25, -0.2) is 0 Å². The first-order valence-electron chi connectivity index (χ1n) is 7.50. The van der Waals surface area contributed by atoms with Crippen molar-refractivity contribution in [1.82, 2.24) is 0 Å². The summed E-state index contributed by atoms with van der Waals surface area (Å²) in [5.41, 5.74) is 5.28. The second kappa shape index (κ2) is 6.65. The molecule has 0 saturated heterocycles. The van der Waals surface area contributed by atoms with E-state index in [2.05, 4.69) is 5.32 Å². The summed E-state index contributed by atoms with van der Waals surface area (Å²) in [6.07, 6.45) is -0.555. The fraction of sp³-hybridized carbons (Fsp3) is 0.316. The maximum absolute atomic E-state index is 12.3. The van der Waals surface area contributed by atoms with Crippen LogP contribution in [-0.4, -0.2) is 12.0 Å². The molecule has 1 amide bonds. The Kier molecular flexibility index (Phi) is 4.86. The van der Waals surface area contributed by atoms with Gasteiger partial charge in [-0.3, -0.25) is 4.79 Å². The van der Waals surface area contributed by atoms with E-state index in [1.807, 2.05) is 64.1 Å². The van der Waals surface area contributed by atoms with Crippen LogP contribution in [0.25, 0.3) is 0 Å². The smallest absolute Gasteiger partial charge is 0.265 e. The molecule has 2 aromatic rings. The van der Waals surface area contributed by atoms with Crippen LogP contribution in [0.15, 0.2) is 36.4 Å². The van der Waals surface area contributed by atoms with Crippen molar-refractivity contribution in [3.05, 3.63) is 58.7 Å². The van der Waals surface area contributed by atoms with E-state index >= 15 is 0 Å². The summed E-state index contributed by atoms with van der Waals surface area (Å²) in [5.74, 6) is 0.609. The first-order valence-corrected chi connectivity index (χ1v) is 7.50. The number of carbonyl (C=O) groups excluding carboxylic acids is 1. The molecule has 0 fully saturated rings. The predicted octanol–water partition coefficient (Wildman–Crippen LogP) is 4.33. The highest BCUT2D eigenvalue weighted by molar-refractivity contribution is 5.94. The van der Waals surface area contributed by atoms with Gasteiger partial charge in [-0.15, -0.1) is 0 Å². The predicted molar refractivity (Wildman–Crippen MR) is 90.6 cm³/mol. The first kappa shape index (κ1) is 16.1. The number of hydrogen-bond donors (Lipinski definition) is 1. The Morgan fingerprint density at radius 3 is 2.23 bits per heavy atom. The van der Waals surface area contributed by atoms with Crippen molar-refractivity contribution in [3.8, 4) is 5.75 Å². The molecule has 2 aromatic carbocycles. The van der Waals surface area contributed by atoms with Crippen molar-refractivity contribution in [3.63, 3.8) is 0 Å². The van der Waals surface area contributed by atoms with Gasteiger partial charge in [0.05, 0.1) is 0 Å². The van der Waals surface area contributed by atoms with Crippen LogP contribution in [-0.2, 0) is 4.79 Å². The minimum atomic E-state index is -0.555. The van der Waals surface area contributed by atoms with Crippen molar-refractivity contribution >= 4 is 11.6 Å². The summed E-state index contributed by atoms with van der Waals surface area (Å²) in [4.78, 5) is 12.3. The fourth-order valence-electron chi connectivity index (χ4n) is 2.22. The molecule has 0 saturated carbocycles. The monoisotopic (exact) mass is 297 g/mol. The summed E-state index contributed by atoms with van der Waals surface area (Å²) in [5, 5.41) is 2.94. The molecule has 3 nitrogen and oxygen atoms in total. The number of carbonyl (C=O) groups is 1. The van der Waals surface area contributed by atoms with Crippen molar-refractivity contribution in [2.24, 2.45) is 0 Å². The van der Waals surface area contributed by atoms with Gasteiger partial charge in [0.2, 0.25) is 0 Å². The molecule has 2 rings (SSSR count). The number of anilines is 1. The molecule has 0 spiro atoms. The zero-order valence-corrected chi connectivity index (χ0v) is 13.9. The fourth-order valence-corrected chi connectivity index (χ4v) is 2.22. The highest BCUT2D eigenvalue weighted by Crippen LogP contribution is 2.23. The largest absolute Gasteiger partial charge is 0.481 e. The van der Waals surface area contributed by atoms with Crippen LogP contribution in [0.4, 0.5) is 5.69 Å². The minimum absolute atomic E-state index is 0.144. The van der Waals surface area contributed by atoms with E-state index in [4.69, 9.17) is 4.74 Å². The van der Waals surface area contributed by atoms with E-state index in [0.29, 0.717) is 0 Å². The molecule has 0 heterocycles. The summed E-state index contributed by atoms with van der Waals surface area (Å²) in [6.45, 7) is 9.83. The van der Waals surface area contributed by atoms with E-state index in [9.17, 15) is 4.79 Å². The van der Waals surface area contributed by atoms with Gasteiger partial charge in [0.15, 0.2) is 6.10 Å². The first-order chi connectivity index (χ1) is 10.4. The Balaban J connectivity index is 2.09. The summed E-state index contributed by atoms with van der Waals surface area (Å²) in [7, 11) is 0. The van der Waals surface area contributed by atoms with Gasteiger partial charge in [0.25, 0.3) is 5.91 Å². The summed E-state index contributed by atoms with van der Waals surface area (Å²) < 4.78 is 5.82. The Morgan fingerprint density at radius 1 is 0.955 bits per heavy atom. The molecule has 116 valence electrons. The van der Waals surface area contributed by atoms with E-state index in [1.54, 1.807) is 6.92 Å². The third-order valence-corrected chi connectivity index (χ3v) is 4.09. The van der Waals surface area contributed by atoms with E-state index in [1.165, 1.54) is 0 Å². The van der Waals surface area contributed by atoms with E-state index in [-0.39, 0.29) is 5.91 Å². The topological polar surface area (TPSA) is 38.3 Å². The molecule has 1 N–H and O–H groups in total. The van der Waals surface area contributed by atoms with E-state index < -0.39 is 6.10 Å². The van der Waals surface area contributed by atoms with Gasteiger partial charge in [-0.2, -0.15) is 0 Å².